The molecule has 9 heteroatoms. The lowest BCUT2D eigenvalue weighted by Gasteiger charge is -2.24. The molecule has 164 valence electrons. The first-order valence-corrected chi connectivity index (χ1v) is 10.7. The number of benzene rings is 1. The minimum absolute atomic E-state index is 0.335. The number of nitrogens with one attached hydrogen (secondary N) is 2. The van der Waals surface area contributed by atoms with Gasteiger partial charge in [0.05, 0.1) is 11.7 Å². The monoisotopic (exact) mass is 430 g/mol. The SMILES string of the molecule is Cc1cc(-n2cnc(Nc3nc(N4CCC[C@H]4C(N)=O)c4[nH]ccc4n3)c2)cc(C)c1C. The second-order valence-corrected chi connectivity index (χ2v) is 8.36. The van der Waals surface area contributed by atoms with Crippen LogP contribution in [0.25, 0.3) is 16.7 Å². The van der Waals surface area contributed by atoms with Crippen LogP contribution >= 0.6 is 0 Å². The standard InChI is InChI=1S/C23H26N8O/c1-13-9-16(10-14(2)15(13)3)30-11-19(26-12-30)28-23-27-17-6-7-25-20(17)22(29-23)31-8-4-5-18(31)21(24)32/h6-7,9-12,18,25H,4-5,8H2,1-3H3,(H2,24,32)(H,27,28,29)/t18-/m0/s1. The number of aromatic amines is 1. The van der Waals surface area contributed by atoms with E-state index in [-0.39, 0.29) is 11.9 Å². The summed E-state index contributed by atoms with van der Waals surface area (Å²) in [4.78, 5) is 30.9. The molecule has 0 bridgehead atoms. The molecule has 5 rings (SSSR count). The molecule has 4 N–H and O–H groups in total. The smallest absolute Gasteiger partial charge is 0.240 e. The van der Waals surface area contributed by atoms with E-state index < -0.39 is 0 Å². The summed E-state index contributed by atoms with van der Waals surface area (Å²) >= 11 is 0. The summed E-state index contributed by atoms with van der Waals surface area (Å²) in [6.07, 6.45) is 7.12. The van der Waals surface area contributed by atoms with Crippen LogP contribution in [-0.4, -0.2) is 43.0 Å². The maximum atomic E-state index is 11.9. The number of nitrogens with two attached hydrogens (primary N) is 1. The Morgan fingerprint density at radius 1 is 1.22 bits per heavy atom. The number of primary amides is 1. The number of anilines is 3. The van der Waals surface area contributed by atoms with Crippen LogP contribution < -0.4 is 16.0 Å². The third-order valence-corrected chi connectivity index (χ3v) is 6.27. The van der Waals surface area contributed by atoms with Gasteiger partial charge in [0.2, 0.25) is 11.9 Å². The normalized spacial score (nSPS) is 16.1. The van der Waals surface area contributed by atoms with Gasteiger partial charge in [0, 0.05) is 18.4 Å². The Bertz CT molecular complexity index is 1300. The highest BCUT2D eigenvalue weighted by Crippen LogP contribution is 2.31. The predicted octanol–water partition coefficient (Wildman–Crippen LogP) is 3.27. The molecule has 1 aliphatic rings. The van der Waals surface area contributed by atoms with Crippen LogP contribution in [0.15, 0.2) is 36.9 Å². The highest BCUT2D eigenvalue weighted by molar-refractivity contribution is 5.91. The van der Waals surface area contributed by atoms with Crippen LogP contribution in [0, 0.1) is 20.8 Å². The van der Waals surface area contributed by atoms with Crippen molar-refractivity contribution in [3.63, 3.8) is 0 Å². The topological polar surface area (TPSA) is 118 Å². The Labute approximate surface area is 185 Å². The highest BCUT2D eigenvalue weighted by atomic mass is 16.1. The van der Waals surface area contributed by atoms with Gasteiger partial charge in [0.25, 0.3) is 0 Å². The van der Waals surface area contributed by atoms with Gasteiger partial charge in [-0.2, -0.15) is 4.98 Å². The zero-order chi connectivity index (χ0) is 22.4. The Hall–Kier alpha value is -3.88. The molecule has 0 saturated carbocycles. The largest absolute Gasteiger partial charge is 0.368 e. The molecule has 1 aliphatic heterocycles. The fraction of sp³-hybridized carbons (Fsp3) is 0.304. The Balaban J connectivity index is 1.47. The van der Waals surface area contributed by atoms with Gasteiger partial charge in [-0.15, -0.1) is 0 Å². The number of fused-ring (bicyclic) bond motifs is 1. The van der Waals surface area contributed by atoms with Gasteiger partial charge >= 0.3 is 0 Å². The van der Waals surface area contributed by atoms with E-state index in [1.54, 1.807) is 6.33 Å². The molecule has 9 nitrogen and oxygen atoms in total. The van der Waals surface area contributed by atoms with Crippen LogP contribution in [0.2, 0.25) is 0 Å². The lowest BCUT2D eigenvalue weighted by Crippen LogP contribution is -2.41. The summed E-state index contributed by atoms with van der Waals surface area (Å²) in [6.45, 7) is 7.08. The van der Waals surface area contributed by atoms with Gasteiger partial charge in [0.1, 0.15) is 17.9 Å². The summed E-state index contributed by atoms with van der Waals surface area (Å²) in [5.74, 6) is 1.39. The number of hydrogen-bond acceptors (Lipinski definition) is 6. The lowest BCUT2D eigenvalue weighted by molar-refractivity contribution is -0.119. The Kier molecular flexibility index (Phi) is 4.80. The molecule has 0 aliphatic carbocycles. The summed E-state index contributed by atoms with van der Waals surface area (Å²) in [5, 5.41) is 3.21. The molecular formula is C23H26N8O. The van der Waals surface area contributed by atoms with Crippen molar-refractivity contribution in [2.45, 2.75) is 39.7 Å². The van der Waals surface area contributed by atoms with E-state index in [0.717, 1.165) is 36.1 Å². The third-order valence-electron chi connectivity index (χ3n) is 6.27. The molecule has 0 spiro atoms. The second kappa shape index (κ2) is 7.67. The minimum Gasteiger partial charge on any atom is -0.368 e. The quantitative estimate of drug-likeness (QED) is 0.447. The van der Waals surface area contributed by atoms with E-state index in [1.807, 2.05) is 27.9 Å². The van der Waals surface area contributed by atoms with Crippen LogP contribution in [0.5, 0.6) is 0 Å². The molecule has 1 aromatic carbocycles. The number of carbonyl (C=O) groups is 1. The van der Waals surface area contributed by atoms with Crippen molar-refractivity contribution >= 4 is 34.5 Å². The number of hydrogen-bond donors (Lipinski definition) is 3. The summed E-state index contributed by atoms with van der Waals surface area (Å²) < 4.78 is 1.97. The van der Waals surface area contributed by atoms with Crippen LogP contribution in [-0.2, 0) is 4.79 Å². The average Bonchev–Trinajstić information content (AvgIpc) is 3.51. The van der Waals surface area contributed by atoms with E-state index >= 15 is 0 Å². The minimum atomic E-state index is -0.364. The number of H-pyrrole nitrogens is 1. The van der Waals surface area contributed by atoms with Gasteiger partial charge < -0.3 is 25.5 Å². The van der Waals surface area contributed by atoms with E-state index in [4.69, 9.17) is 10.7 Å². The molecule has 4 aromatic rings. The van der Waals surface area contributed by atoms with E-state index in [1.165, 1.54) is 16.7 Å². The molecule has 0 radical (unpaired) electrons. The van der Waals surface area contributed by atoms with Crippen molar-refractivity contribution in [1.82, 2.24) is 24.5 Å². The van der Waals surface area contributed by atoms with Crippen molar-refractivity contribution in [2.75, 3.05) is 16.8 Å². The number of carbonyl (C=O) groups excluding carboxylic acids is 1. The molecule has 3 aromatic heterocycles. The van der Waals surface area contributed by atoms with Crippen molar-refractivity contribution in [3.8, 4) is 5.69 Å². The fourth-order valence-corrected chi connectivity index (χ4v) is 4.31. The van der Waals surface area contributed by atoms with Crippen LogP contribution in [0.4, 0.5) is 17.6 Å². The first-order chi connectivity index (χ1) is 15.4. The number of aromatic nitrogens is 5. The molecule has 1 fully saturated rings. The van der Waals surface area contributed by atoms with Crippen molar-refractivity contribution < 1.29 is 4.79 Å². The molecule has 1 saturated heterocycles. The Morgan fingerprint density at radius 2 is 2.00 bits per heavy atom. The maximum absolute atomic E-state index is 11.9. The summed E-state index contributed by atoms with van der Waals surface area (Å²) in [7, 11) is 0. The van der Waals surface area contributed by atoms with E-state index in [2.05, 4.69) is 53.2 Å². The number of imidazole rings is 1. The lowest BCUT2D eigenvalue weighted by atomic mass is 10.0. The average molecular weight is 431 g/mol. The van der Waals surface area contributed by atoms with Gasteiger partial charge in [-0.25, -0.2) is 9.97 Å². The van der Waals surface area contributed by atoms with E-state index in [0.29, 0.717) is 17.6 Å². The fourth-order valence-electron chi connectivity index (χ4n) is 4.31. The van der Waals surface area contributed by atoms with Gasteiger partial charge in [0.15, 0.2) is 11.6 Å². The summed E-state index contributed by atoms with van der Waals surface area (Å²) in [6, 6.07) is 5.81. The summed E-state index contributed by atoms with van der Waals surface area (Å²) in [5.41, 5.74) is 12.0. The molecule has 1 amide bonds. The number of rotatable bonds is 5. The second-order valence-electron chi connectivity index (χ2n) is 8.36. The molecular weight excluding hydrogens is 404 g/mol. The maximum Gasteiger partial charge on any atom is 0.240 e. The van der Waals surface area contributed by atoms with Crippen molar-refractivity contribution in [1.29, 1.82) is 0 Å². The zero-order valence-electron chi connectivity index (χ0n) is 18.4. The van der Waals surface area contributed by atoms with Crippen molar-refractivity contribution in [2.24, 2.45) is 5.73 Å². The first kappa shape index (κ1) is 20.0. The van der Waals surface area contributed by atoms with E-state index in [9.17, 15) is 4.79 Å². The number of aryl methyl sites for hydroxylation is 2. The zero-order valence-corrected chi connectivity index (χ0v) is 18.4. The van der Waals surface area contributed by atoms with Gasteiger partial charge in [-0.05, 0) is 68.5 Å². The molecule has 4 heterocycles. The van der Waals surface area contributed by atoms with Crippen LogP contribution in [0.1, 0.15) is 29.5 Å². The van der Waals surface area contributed by atoms with Crippen molar-refractivity contribution in [3.05, 3.63) is 53.6 Å². The highest BCUT2D eigenvalue weighted by Gasteiger charge is 2.32. The third kappa shape index (κ3) is 3.45. The number of amides is 1. The first-order valence-electron chi connectivity index (χ1n) is 10.7. The molecule has 1 atom stereocenters. The molecule has 32 heavy (non-hydrogen) atoms. The predicted molar refractivity (Wildman–Crippen MR) is 125 cm³/mol. The van der Waals surface area contributed by atoms with Gasteiger partial charge in [-0.3, -0.25) is 4.79 Å². The number of nitrogens with zero attached hydrogens (tertiary/aromatic N) is 5. The Morgan fingerprint density at radius 3 is 2.75 bits per heavy atom. The van der Waals surface area contributed by atoms with Gasteiger partial charge in [-0.1, -0.05) is 0 Å². The molecule has 0 unspecified atom stereocenters. The van der Waals surface area contributed by atoms with Crippen LogP contribution in [0.3, 0.4) is 0 Å².